The average molecular weight is 307 g/mol. The van der Waals surface area contributed by atoms with E-state index in [0.717, 1.165) is 0 Å². The van der Waals surface area contributed by atoms with Crippen molar-refractivity contribution in [2.45, 2.75) is 20.4 Å². The Balaban J connectivity index is 2.68. The molecule has 0 fully saturated rings. The SMILES string of the molecule is CC(C)Cn1nc(-c2ccccc2Cl)cc(C(=O)O)c1=O. The van der Waals surface area contributed by atoms with Crippen molar-refractivity contribution in [3.63, 3.8) is 0 Å². The molecular weight excluding hydrogens is 292 g/mol. The number of carboxylic acid groups (broad SMARTS) is 1. The van der Waals surface area contributed by atoms with Gasteiger partial charge < -0.3 is 5.11 Å². The molecule has 5 nitrogen and oxygen atoms in total. The van der Waals surface area contributed by atoms with E-state index in [1.165, 1.54) is 10.7 Å². The van der Waals surface area contributed by atoms with Crippen LogP contribution in [-0.2, 0) is 6.54 Å². The number of nitrogens with zero attached hydrogens (tertiary/aromatic N) is 2. The zero-order chi connectivity index (χ0) is 15.6. The Morgan fingerprint density at radius 3 is 2.62 bits per heavy atom. The molecule has 0 atom stereocenters. The first kappa shape index (κ1) is 15.3. The molecule has 0 aliphatic heterocycles. The molecule has 0 unspecified atom stereocenters. The van der Waals surface area contributed by atoms with Crippen molar-refractivity contribution in [3.05, 3.63) is 51.3 Å². The molecule has 1 aromatic carbocycles. The molecule has 1 heterocycles. The average Bonchev–Trinajstić information content (AvgIpc) is 2.41. The lowest BCUT2D eigenvalue weighted by Gasteiger charge is -2.11. The van der Waals surface area contributed by atoms with Gasteiger partial charge in [-0.1, -0.05) is 43.6 Å². The molecule has 0 bridgehead atoms. The summed E-state index contributed by atoms with van der Waals surface area (Å²) in [4.78, 5) is 23.4. The molecule has 2 rings (SSSR count). The smallest absolute Gasteiger partial charge is 0.341 e. The quantitative estimate of drug-likeness (QED) is 0.942. The van der Waals surface area contributed by atoms with Gasteiger partial charge in [-0.2, -0.15) is 5.10 Å². The molecule has 6 heteroatoms. The van der Waals surface area contributed by atoms with E-state index < -0.39 is 11.5 Å². The highest BCUT2D eigenvalue weighted by atomic mass is 35.5. The first-order valence-corrected chi connectivity index (χ1v) is 6.88. The van der Waals surface area contributed by atoms with Crippen LogP contribution < -0.4 is 5.56 Å². The van der Waals surface area contributed by atoms with Gasteiger partial charge in [-0.25, -0.2) is 9.48 Å². The molecule has 2 aromatic rings. The molecule has 0 amide bonds. The number of rotatable bonds is 4. The molecular formula is C15H15ClN2O3. The van der Waals surface area contributed by atoms with Crippen molar-refractivity contribution in [1.29, 1.82) is 0 Å². The fraction of sp³-hybridized carbons (Fsp3) is 0.267. The van der Waals surface area contributed by atoms with Crippen LogP contribution in [0.15, 0.2) is 35.1 Å². The third kappa shape index (κ3) is 3.31. The van der Waals surface area contributed by atoms with Crippen molar-refractivity contribution in [2.24, 2.45) is 5.92 Å². The van der Waals surface area contributed by atoms with Crippen LogP contribution in [0.1, 0.15) is 24.2 Å². The van der Waals surface area contributed by atoms with Crippen molar-refractivity contribution in [2.75, 3.05) is 0 Å². The van der Waals surface area contributed by atoms with Crippen molar-refractivity contribution in [3.8, 4) is 11.3 Å². The van der Waals surface area contributed by atoms with Gasteiger partial charge in [-0.15, -0.1) is 0 Å². The highest BCUT2D eigenvalue weighted by Gasteiger charge is 2.17. The second kappa shape index (κ2) is 6.10. The zero-order valence-corrected chi connectivity index (χ0v) is 12.5. The van der Waals surface area contributed by atoms with Gasteiger partial charge >= 0.3 is 5.97 Å². The third-order valence-corrected chi connectivity index (χ3v) is 3.22. The van der Waals surface area contributed by atoms with Crippen LogP contribution >= 0.6 is 11.6 Å². The first-order chi connectivity index (χ1) is 9.90. The lowest BCUT2D eigenvalue weighted by molar-refractivity contribution is 0.0693. The Morgan fingerprint density at radius 1 is 1.38 bits per heavy atom. The summed E-state index contributed by atoms with van der Waals surface area (Å²) in [7, 11) is 0. The fourth-order valence-electron chi connectivity index (χ4n) is 1.97. The Hall–Kier alpha value is -2.14. The molecule has 0 aliphatic carbocycles. The van der Waals surface area contributed by atoms with E-state index in [9.17, 15) is 14.7 Å². The van der Waals surface area contributed by atoms with Gasteiger partial charge in [0, 0.05) is 12.1 Å². The summed E-state index contributed by atoms with van der Waals surface area (Å²) in [6.45, 7) is 4.20. The van der Waals surface area contributed by atoms with Crippen LogP contribution in [0.4, 0.5) is 0 Å². The Bertz CT molecular complexity index is 738. The lowest BCUT2D eigenvalue weighted by Crippen LogP contribution is -2.30. The lowest BCUT2D eigenvalue weighted by atomic mass is 10.1. The van der Waals surface area contributed by atoms with Gasteiger partial charge in [0.05, 0.1) is 10.7 Å². The second-order valence-corrected chi connectivity index (χ2v) is 5.52. The normalized spacial score (nSPS) is 10.9. The van der Waals surface area contributed by atoms with Crippen molar-refractivity contribution < 1.29 is 9.90 Å². The van der Waals surface area contributed by atoms with Crippen LogP contribution in [0.25, 0.3) is 11.3 Å². The Kier molecular flexibility index (Phi) is 4.43. The number of benzene rings is 1. The minimum atomic E-state index is -1.27. The predicted molar refractivity (Wildman–Crippen MR) is 80.7 cm³/mol. The van der Waals surface area contributed by atoms with E-state index in [-0.39, 0.29) is 11.5 Å². The molecule has 110 valence electrons. The fourth-order valence-corrected chi connectivity index (χ4v) is 2.20. The summed E-state index contributed by atoms with van der Waals surface area (Å²) in [6, 6.07) is 8.25. The molecule has 21 heavy (non-hydrogen) atoms. The van der Waals surface area contributed by atoms with Crippen LogP contribution in [-0.4, -0.2) is 20.9 Å². The van der Waals surface area contributed by atoms with E-state index in [2.05, 4.69) is 5.10 Å². The summed E-state index contributed by atoms with van der Waals surface area (Å²) >= 11 is 6.11. The number of aromatic nitrogens is 2. The van der Waals surface area contributed by atoms with Crippen LogP contribution in [0.2, 0.25) is 5.02 Å². The number of carboxylic acids is 1. The van der Waals surface area contributed by atoms with Gasteiger partial charge in [-0.3, -0.25) is 4.79 Å². The molecule has 0 spiro atoms. The molecule has 1 N–H and O–H groups in total. The van der Waals surface area contributed by atoms with Crippen LogP contribution in [0.5, 0.6) is 0 Å². The number of carbonyl (C=O) groups is 1. The number of hydrogen-bond donors (Lipinski definition) is 1. The molecule has 0 saturated carbocycles. The standard InChI is InChI=1S/C15H15ClN2O3/c1-9(2)8-18-14(19)11(15(20)21)7-13(17-18)10-5-3-4-6-12(10)16/h3-7,9H,8H2,1-2H3,(H,20,21). The van der Waals surface area contributed by atoms with Crippen LogP contribution in [0, 0.1) is 5.92 Å². The maximum absolute atomic E-state index is 12.1. The minimum absolute atomic E-state index is 0.165. The summed E-state index contributed by atoms with van der Waals surface area (Å²) in [6.07, 6.45) is 0. The monoisotopic (exact) mass is 306 g/mol. The first-order valence-electron chi connectivity index (χ1n) is 6.50. The molecule has 0 saturated heterocycles. The maximum Gasteiger partial charge on any atom is 0.341 e. The summed E-state index contributed by atoms with van der Waals surface area (Å²) in [5, 5.41) is 13.9. The number of halogens is 1. The van der Waals surface area contributed by atoms with Crippen LogP contribution in [0.3, 0.4) is 0 Å². The highest BCUT2D eigenvalue weighted by Crippen LogP contribution is 2.25. The van der Waals surface area contributed by atoms with E-state index in [1.54, 1.807) is 24.3 Å². The van der Waals surface area contributed by atoms with Gasteiger partial charge in [0.25, 0.3) is 5.56 Å². The molecule has 0 radical (unpaired) electrons. The minimum Gasteiger partial charge on any atom is -0.477 e. The van der Waals surface area contributed by atoms with Gasteiger partial charge in [0.1, 0.15) is 5.56 Å². The third-order valence-electron chi connectivity index (χ3n) is 2.89. The Morgan fingerprint density at radius 2 is 2.05 bits per heavy atom. The van der Waals surface area contributed by atoms with E-state index in [4.69, 9.17) is 11.6 Å². The number of aromatic carboxylic acids is 1. The summed E-state index contributed by atoms with van der Waals surface area (Å²) in [5.74, 6) is -1.11. The molecule has 1 aromatic heterocycles. The van der Waals surface area contributed by atoms with Gasteiger partial charge in [0.2, 0.25) is 0 Å². The van der Waals surface area contributed by atoms with Gasteiger partial charge in [-0.05, 0) is 18.1 Å². The van der Waals surface area contributed by atoms with E-state index in [1.807, 2.05) is 13.8 Å². The van der Waals surface area contributed by atoms with Gasteiger partial charge in [0.15, 0.2) is 0 Å². The van der Waals surface area contributed by atoms with E-state index in [0.29, 0.717) is 22.8 Å². The zero-order valence-electron chi connectivity index (χ0n) is 11.7. The van der Waals surface area contributed by atoms with E-state index >= 15 is 0 Å². The largest absolute Gasteiger partial charge is 0.477 e. The Labute approximate surface area is 126 Å². The molecule has 0 aliphatic rings. The maximum atomic E-state index is 12.1. The van der Waals surface area contributed by atoms with Crippen molar-refractivity contribution in [1.82, 2.24) is 9.78 Å². The van der Waals surface area contributed by atoms with Crippen molar-refractivity contribution >= 4 is 17.6 Å². The summed E-state index contributed by atoms with van der Waals surface area (Å²) < 4.78 is 1.19. The highest BCUT2D eigenvalue weighted by molar-refractivity contribution is 6.33. The topological polar surface area (TPSA) is 72.2 Å². The summed E-state index contributed by atoms with van der Waals surface area (Å²) in [5.41, 5.74) is 0.0602. The predicted octanol–water partition coefficient (Wildman–Crippen LogP) is 2.92. The number of hydrogen-bond acceptors (Lipinski definition) is 3. The second-order valence-electron chi connectivity index (χ2n) is 5.11.